The van der Waals surface area contributed by atoms with Gasteiger partial charge in [-0.3, -0.25) is 0 Å². The number of ether oxygens (including phenoxy) is 1. The van der Waals surface area contributed by atoms with E-state index in [4.69, 9.17) is 10.00 Å². The molecule has 1 atom stereocenters. The molecule has 0 saturated heterocycles. The van der Waals surface area contributed by atoms with E-state index in [1.165, 1.54) is 5.56 Å². The third-order valence-corrected chi connectivity index (χ3v) is 2.16. The summed E-state index contributed by atoms with van der Waals surface area (Å²) in [6.07, 6.45) is 0. The lowest BCUT2D eigenvalue weighted by Crippen LogP contribution is -2.19. The first-order valence-electron chi connectivity index (χ1n) is 4.99. The maximum Gasteiger partial charge on any atom is 0.118 e. The zero-order valence-corrected chi connectivity index (χ0v) is 9.16. The molecule has 3 nitrogen and oxygen atoms in total. The van der Waals surface area contributed by atoms with Gasteiger partial charge in [0.15, 0.2) is 0 Å². The first kappa shape index (κ1) is 11.5. The largest absolute Gasteiger partial charge is 0.497 e. The van der Waals surface area contributed by atoms with Gasteiger partial charge in [0.1, 0.15) is 5.75 Å². The lowest BCUT2D eigenvalue weighted by Gasteiger charge is -2.06. The smallest absolute Gasteiger partial charge is 0.118 e. The van der Waals surface area contributed by atoms with E-state index in [2.05, 4.69) is 11.4 Å². The van der Waals surface area contributed by atoms with Crippen LogP contribution in [0.5, 0.6) is 5.75 Å². The van der Waals surface area contributed by atoms with E-state index in [-0.39, 0.29) is 5.92 Å². The van der Waals surface area contributed by atoms with Gasteiger partial charge in [0, 0.05) is 13.1 Å². The molecule has 0 spiro atoms. The number of nitrogens with one attached hydrogen (secondary N) is 1. The van der Waals surface area contributed by atoms with Crippen LogP contribution in [0.3, 0.4) is 0 Å². The Bertz CT molecular complexity index is 326. The fourth-order valence-electron chi connectivity index (χ4n) is 1.22. The predicted molar refractivity (Wildman–Crippen MR) is 59.5 cm³/mol. The average molecular weight is 204 g/mol. The number of nitrogens with zero attached hydrogens (tertiary/aromatic N) is 1. The summed E-state index contributed by atoms with van der Waals surface area (Å²) >= 11 is 0. The van der Waals surface area contributed by atoms with Gasteiger partial charge in [-0.15, -0.1) is 0 Å². The van der Waals surface area contributed by atoms with Gasteiger partial charge >= 0.3 is 0 Å². The van der Waals surface area contributed by atoms with Crippen molar-refractivity contribution < 1.29 is 4.74 Å². The third kappa shape index (κ3) is 4.01. The fourth-order valence-corrected chi connectivity index (χ4v) is 1.22. The highest BCUT2D eigenvalue weighted by atomic mass is 16.5. The van der Waals surface area contributed by atoms with Crippen LogP contribution in [-0.2, 0) is 6.54 Å². The van der Waals surface area contributed by atoms with E-state index in [0.717, 1.165) is 18.8 Å². The van der Waals surface area contributed by atoms with Crippen LogP contribution < -0.4 is 10.1 Å². The second-order valence-corrected chi connectivity index (χ2v) is 3.51. The highest BCUT2D eigenvalue weighted by molar-refractivity contribution is 5.26. The summed E-state index contributed by atoms with van der Waals surface area (Å²) in [7, 11) is 1.65. The number of methoxy groups -OCH3 is 1. The molecule has 0 bridgehead atoms. The molecule has 0 fully saturated rings. The van der Waals surface area contributed by atoms with Crippen molar-refractivity contribution in [2.75, 3.05) is 13.7 Å². The molecule has 0 aliphatic heterocycles. The number of hydrogen-bond donors (Lipinski definition) is 1. The van der Waals surface area contributed by atoms with Crippen molar-refractivity contribution in [1.29, 1.82) is 5.26 Å². The maximum absolute atomic E-state index is 8.59. The molecule has 1 unspecified atom stereocenters. The minimum Gasteiger partial charge on any atom is -0.497 e. The summed E-state index contributed by atoms with van der Waals surface area (Å²) in [4.78, 5) is 0. The molecule has 1 N–H and O–H groups in total. The Balaban J connectivity index is 2.35. The molecule has 0 saturated carbocycles. The maximum atomic E-state index is 8.59. The predicted octanol–water partition coefficient (Wildman–Crippen LogP) is 1.94. The van der Waals surface area contributed by atoms with Crippen molar-refractivity contribution in [2.24, 2.45) is 5.92 Å². The van der Waals surface area contributed by atoms with Gasteiger partial charge in [-0.25, -0.2) is 0 Å². The van der Waals surface area contributed by atoms with Crippen molar-refractivity contribution in [3.8, 4) is 11.8 Å². The summed E-state index contributed by atoms with van der Waals surface area (Å²) in [5, 5.41) is 11.8. The molecule has 1 aromatic carbocycles. The molecular weight excluding hydrogens is 188 g/mol. The first-order valence-corrected chi connectivity index (χ1v) is 4.99. The van der Waals surface area contributed by atoms with Crippen LogP contribution in [0.2, 0.25) is 0 Å². The molecule has 0 aliphatic rings. The molecule has 1 rings (SSSR count). The lowest BCUT2D eigenvalue weighted by atomic mass is 10.2. The molecule has 0 aliphatic carbocycles. The van der Waals surface area contributed by atoms with E-state index in [1.807, 2.05) is 31.2 Å². The molecule has 0 aromatic heterocycles. The summed E-state index contributed by atoms with van der Waals surface area (Å²) in [6.45, 7) is 3.42. The standard InChI is InChI=1S/C12H16N2O/c1-10(7-13)8-14-9-11-3-5-12(15-2)6-4-11/h3-6,10,14H,8-9H2,1-2H3. The van der Waals surface area contributed by atoms with Crippen LogP contribution in [0.25, 0.3) is 0 Å². The zero-order valence-electron chi connectivity index (χ0n) is 9.16. The van der Waals surface area contributed by atoms with Crippen molar-refractivity contribution >= 4 is 0 Å². The first-order chi connectivity index (χ1) is 7.26. The lowest BCUT2D eigenvalue weighted by molar-refractivity contribution is 0.414. The SMILES string of the molecule is COc1ccc(CNCC(C)C#N)cc1. The molecule has 0 radical (unpaired) electrons. The fraction of sp³-hybridized carbons (Fsp3) is 0.417. The quantitative estimate of drug-likeness (QED) is 0.797. The summed E-state index contributed by atoms with van der Waals surface area (Å²) in [5.41, 5.74) is 1.20. The number of hydrogen-bond acceptors (Lipinski definition) is 3. The number of nitriles is 1. The normalized spacial score (nSPS) is 11.8. The van der Waals surface area contributed by atoms with Gasteiger partial charge in [0.2, 0.25) is 0 Å². The summed E-state index contributed by atoms with van der Waals surface area (Å²) in [6, 6.07) is 10.1. The average Bonchev–Trinajstić information content (AvgIpc) is 2.29. The van der Waals surface area contributed by atoms with Crippen LogP contribution in [0.4, 0.5) is 0 Å². The number of benzene rings is 1. The van der Waals surface area contributed by atoms with Crippen LogP contribution >= 0.6 is 0 Å². The Labute approximate surface area is 90.7 Å². The van der Waals surface area contributed by atoms with Gasteiger partial charge in [-0.05, 0) is 24.6 Å². The van der Waals surface area contributed by atoms with Gasteiger partial charge < -0.3 is 10.1 Å². The second-order valence-electron chi connectivity index (χ2n) is 3.51. The van der Waals surface area contributed by atoms with E-state index in [1.54, 1.807) is 7.11 Å². The van der Waals surface area contributed by atoms with Crippen LogP contribution in [-0.4, -0.2) is 13.7 Å². The highest BCUT2D eigenvalue weighted by Crippen LogP contribution is 2.10. The molecular formula is C12H16N2O. The van der Waals surface area contributed by atoms with Crippen LogP contribution in [0, 0.1) is 17.2 Å². The third-order valence-electron chi connectivity index (χ3n) is 2.16. The Morgan fingerprint density at radius 1 is 1.40 bits per heavy atom. The molecule has 3 heteroatoms. The van der Waals surface area contributed by atoms with E-state index >= 15 is 0 Å². The van der Waals surface area contributed by atoms with Crippen molar-refractivity contribution in [2.45, 2.75) is 13.5 Å². The van der Waals surface area contributed by atoms with Crippen LogP contribution in [0.1, 0.15) is 12.5 Å². The van der Waals surface area contributed by atoms with Crippen molar-refractivity contribution in [3.63, 3.8) is 0 Å². The zero-order chi connectivity index (χ0) is 11.1. The van der Waals surface area contributed by atoms with E-state index in [0.29, 0.717) is 0 Å². The van der Waals surface area contributed by atoms with Crippen LogP contribution in [0.15, 0.2) is 24.3 Å². The minimum atomic E-state index is 0.0586. The summed E-state index contributed by atoms with van der Waals surface area (Å²) < 4.78 is 5.07. The van der Waals surface area contributed by atoms with E-state index < -0.39 is 0 Å². The van der Waals surface area contributed by atoms with Gasteiger partial charge in [-0.2, -0.15) is 5.26 Å². The highest BCUT2D eigenvalue weighted by Gasteiger charge is 1.98. The summed E-state index contributed by atoms with van der Waals surface area (Å²) in [5.74, 6) is 0.924. The van der Waals surface area contributed by atoms with Gasteiger partial charge in [-0.1, -0.05) is 12.1 Å². The second kappa shape index (κ2) is 6.05. The van der Waals surface area contributed by atoms with Crippen molar-refractivity contribution in [1.82, 2.24) is 5.32 Å². The van der Waals surface area contributed by atoms with Gasteiger partial charge in [0.25, 0.3) is 0 Å². The Morgan fingerprint density at radius 2 is 2.07 bits per heavy atom. The monoisotopic (exact) mass is 204 g/mol. The minimum absolute atomic E-state index is 0.0586. The Kier molecular flexibility index (Phi) is 4.65. The molecule has 0 heterocycles. The molecule has 0 amide bonds. The topological polar surface area (TPSA) is 45.0 Å². The molecule has 80 valence electrons. The molecule has 1 aromatic rings. The van der Waals surface area contributed by atoms with E-state index in [9.17, 15) is 0 Å². The Hall–Kier alpha value is -1.53. The molecule has 15 heavy (non-hydrogen) atoms. The van der Waals surface area contributed by atoms with Crippen molar-refractivity contribution in [3.05, 3.63) is 29.8 Å². The van der Waals surface area contributed by atoms with Gasteiger partial charge in [0.05, 0.1) is 19.1 Å². The Morgan fingerprint density at radius 3 is 2.60 bits per heavy atom. The number of rotatable bonds is 5.